The molecule has 0 aliphatic carbocycles. The van der Waals surface area contributed by atoms with E-state index in [0.29, 0.717) is 27.8 Å². The fraction of sp³-hybridized carbons (Fsp3) is 0.0909. The Bertz CT molecular complexity index is 1240. The van der Waals surface area contributed by atoms with E-state index < -0.39 is 11.9 Å². The van der Waals surface area contributed by atoms with Crippen LogP contribution in [0, 0.1) is 19.7 Å². The molecule has 4 rings (SSSR count). The molecule has 0 saturated heterocycles. The Morgan fingerprint density at radius 2 is 1.83 bits per heavy atom. The average Bonchev–Trinajstić information content (AvgIpc) is 3.28. The van der Waals surface area contributed by atoms with Crippen molar-refractivity contribution in [2.45, 2.75) is 13.8 Å². The van der Waals surface area contributed by atoms with Crippen LogP contribution < -0.4 is 5.32 Å². The smallest absolute Gasteiger partial charge is 0.339 e. The molecule has 4 aromatic rings. The highest BCUT2D eigenvalue weighted by Gasteiger charge is 2.24. The number of furan rings is 1. The predicted octanol–water partition coefficient (Wildman–Crippen LogP) is 5.87. The number of carboxylic acid groups (broad SMARTS) is 1. The number of nitrogens with one attached hydrogen (secondary N) is 1. The highest BCUT2D eigenvalue weighted by molar-refractivity contribution is 7.15. The molecule has 2 heterocycles. The minimum atomic E-state index is -1.18. The second kappa shape index (κ2) is 7.18. The molecule has 1 amide bonds. The summed E-state index contributed by atoms with van der Waals surface area (Å²) in [7, 11) is 0. The lowest BCUT2D eigenvalue weighted by atomic mass is 9.97. The van der Waals surface area contributed by atoms with Gasteiger partial charge in [-0.25, -0.2) is 9.18 Å². The van der Waals surface area contributed by atoms with Crippen LogP contribution in [0.5, 0.6) is 0 Å². The lowest BCUT2D eigenvalue weighted by molar-refractivity contribution is 0.0699. The zero-order valence-electron chi connectivity index (χ0n) is 15.6. The Hall–Kier alpha value is -3.45. The summed E-state index contributed by atoms with van der Waals surface area (Å²) >= 11 is 1.10. The first kappa shape index (κ1) is 18.9. The number of amides is 1. The second-order valence-corrected chi connectivity index (χ2v) is 7.56. The Labute approximate surface area is 169 Å². The molecule has 7 heteroatoms. The van der Waals surface area contributed by atoms with Crippen molar-refractivity contribution in [3.05, 3.63) is 76.1 Å². The van der Waals surface area contributed by atoms with E-state index in [9.17, 15) is 19.1 Å². The molecule has 0 fully saturated rings. The number of aryl methyl sites for hydroxylation is 2. The molecule has 0 radical (unpaired) electrons. The van der Waals surface area contributed by atoms with Crippen molar-refractivity contribution in [3.8, 4) is 11.1 Å². The molecule has 0 atom stereocenters. The van der Waals surface area contributed by atoms with Crippen LogP contribution in [0.15, 0.2) is 52.3 Å². The summed E-state index contributed by atoms with van der Waals surface area (Å²) in [5, 5.41) is 15.0. The van der Waals surface area contributed by atoms with Gasteiger partial charge in [-0.05, 0) is 54.8 Å². The lowest BCUT2D eigenvalue weighted by Crippen LogP contribution is -2.12. The minimum absolute atomic E-state index is 0.0337. The van der Waals surface area contributed by atoms with Crippen LogP contribution in [-0.2, 0) is 0 Å². The van der Waals surface area contributed by atoms with Gasteiger partial charge in [0.2, 0.25) is 0 Å². The first-order valence-corrected chi connectivity index (χ1v) is 9.65. The highest BCUT2D eigenvalue weighted by atomic mass is 32.1. The van der Waals surface area contributed by atoms with Crippen LogP contribution in [0.2, 0.25) is 0 Å². The molecule has 29 heavy (non-hydrogen) atoms. The van der Waals surface area contributed by atoms with E-state index in [-0.39, 0.29) is 22.1 Å². The molecule has 0 aliphatic rings. The van der Waals surface area contributed by atoms with Crippen LogP contribution in [-0.4, -0.2) is 17.0 Å². The maximum absolute atomic E-state index is 13.8. The fourth-order valence-corrected chi connectivity index (χ4v) is 4.14. The first-order chi connectivity index (χ1) is 13.8. The van der Waals surface area contributed by atoms with E-state index >= 15 is 0 Å². The van der Waals surface area contributed by atoms with Gasteiger partial charge in [-0.15, -0.1) is 11.3 Å². The van der Waals surface area contributed by atoms with Crippen molar-refractivity contribution in [3.63, 3.8) is 0 Å². The number of thiophene rings is 1. The normalized spacial score (nSPS) is 11.0. The fourth-order valence-electron chi connectivity index (χ4n) is 3.19. The third-order valence-corrected chi connectivity index (χ3v) is 5.57. The number of rotatable bonds is 4. The largest absolute Gasteiger partial charge is 0.478 e. The number of aromatic carboxylic acids is 1. The van der Waals surface area contributed by atoms with Crippen molar-refractivity contribution in [2.75, 3.05) is 5.32 Å². The van der Waals surface area contributed by atoms with Crippen molar-refractivity contribution >= 4 is 39.2 Å². The Kier molecular flexibility index (Phi) is 4.68. The number of hydrogen-bond acceptors (Lipinski definition) is 4. The van der Waals surface area contributed by atoms with E-state index in [1.165, 1.54) is 6.07 Å². The van der Waals surface area contributed by atoms with Crippen molar-refractivity contribution in [2.24, 2.45) is 0 Å². The van der Waals surface area contributed by atoms with Gasteiger partial charge in [0.05, 0.1) is 0 Å². The topological polar surface area (TPSA) is 79.5 Å². The van der Waals surface area contributed by atoms with E-state index in [2.05, 4.69) is 5.32 Å². The van der Waals surface area contributed by atoms with Gasteiger partial charge in [0.15, 0.2) is 5.76 Å². The van der Waals surface area contributed by atoms with Gasteiger partial charge >= 0.3 is 5.97 Å². The molecule has 0 bridgehead atoms. The zero-order valence-corrected chi connectivity index (χ0v) is 16.4. The third-order valence-electron chi connectivity index (χ3n) is 4.68. The Morgan fingerprint density at radius 1 is 1.07 bits per heavy atom. The van der Waals surface area contributed by atoms with Crippen LogP contribution in [0.3, 0.4) is 0 Å². The van der Waals surface area contributed by atoms with Crippen LogP contribution >= 0.6 is 11.3 Å². The summed E-state index contributed by atoms with van der Waals surface area (Å²) in [6.45, 7) is 3.34. The molecule has 146 valence electrons. The van der Waals surface area contributed by atoms with E-state index in [4.69, 9.17) is 4.42 Å². The highest BCUT2D eigenvalue weighted by Crippen LogP contribution is 2.38. The maximum Gasteiger partial charge on any atom is 0.339 e. The summed E-state index contributed by atoms with van der Waals surface area (Å²) in [6, 6.07) is 11.8. The minimum Gasteiger partial charge on any atom is -0.478 e. The van der Waals surface area contributed by atoms with Gasteiger partial charge in [0, 0.05) is 16.3 Å². The van der Waals surface area contributed by atoms with E-state index in [1.54, 1.807) is 43.5 Å². The number of carboxylic acids is 1. The summed E-state index contributed by atoms with van der Waals surface area (Å²) in [4.78, 5) is 24.6. The first-order valence-electron chi connectivity index (χ1n) is 8.77. The van der Waals surface area contributed by atoms with Crippen molar-refractivity contribution < 1.29 is 23.5 Å². The van der Waals surface area contributed by atoms with Crippen LogP contribution in [0.1, 0.15) is 32.0 Å². The maximum atomic E-state index is 13.8. The molecule has 2 aromatic carbocycles. The Balaban J connectivity index is 1.73. The number of halogens is 1. The quantitative estimate of drug-likeness (QED) is 0.442. The number of anilines is 1. The number of benzene rings is 2. The van der Waals surface area contributed by atoms with Gasteiger partial charge in [-0.1, -0.05) is 18.2 Å². The lowest BCUT2D eigenvalue weighted by Gasteiger charge is -2.09. The monoisotopic (exact) mass is 409 g/mol. The molecule has 0 unspecified atom stereocenters. The molecular formula is C22H16FNO4S. The van der Waals surface area contributed by atoms with Crippen LogP contribution in [0.25, 0.3) is 22.1 Å². The van der Waals surface area contributed by atoms with Gasteiger partial charge in [0.1, 0.15) is 22.0 Å². The number of carbonyl (C=O) groups is 2. The van der Waals surface area contributed by atoms with Gasteiger partial charge in [-0.2, -0.15) is 0 Å². The number of hydrogen-bond donors (Lipinski definition) is 2. The summed E-state index contributed by atoms with van der Waals surface area (Å²) in [6.07, 6.45) is 0. The van der Waals surface area contributed by atoms with E-state index in [0.717, 1.165) is 16.7 Å². The zero-order chi connectivity index (χ0) is 20.7. The third kappa shape index (κ3) is 3.40. The molecule has 0 spiro atoms. The number of para-hydroxylation sites is 1. The standard InChI is InChI=1S/C22H16FNO4S/c1-11-8-16(23)12(2)7-14(11)15-10-29-21(19(15)22(26)27)24-20(25)18-9-13-5-3-4-6-17(13)28-18/h3-10H,1-2H3,(H,24,25)(H,26,27). The SMILES string of the molecule is Cc1cc(-c2csc(NC(=O)c3cc4ccccc4o3)c2C(=O)O)c(C)cc1F. The number of carbonyl (C=O) groups excluding carboxylic acids is 1. The van der Waals surface area contributed by atoms with Crippen molar-refractivity contribution in [1.82, 2.24) is 0 Å². The van der Waals surface area contributed by atoms with Crippen LogP contribution in [0.4, 0.5) is 9.39 Å². The molecule has 2 N–H and O–H groups in total. The van der Waals surface area contributed by atoms with Gasteiger partial charge in [0.25, 0.3) is 5.91 Å². The summed E-state index contributed by atoms with van der Waals surface area (Å²) in [5.74, 6) is -1.98. The summed E-state index contributed by atoms with van der Waals surface area (Å²) < 4.78 is 19.4. The second-order valence-electron chi connectivity index (χ2n) is 6.68. The van der Waals surface area contributed by atoms with Gasteiger partial charge < -0.3 is 14.8 Å². The summed E-state index contributed by atoms with van der Waals surface area (Å²) in [5.41, 5.74) is 2.61. The Morgan fingerprint density at radius 3 is 2.55 bits per heavy atom. The molecule has 0 aliphatic heterocycles. The average molecular weight is 409 g/mol. The van der Waals surface area contributed by atoms with Crippen molar-refractivity contribution in [1.29, 1.82) is 0 Å². The molecule has 0 saturated carbocycles. The van der Waals surface area contributed by atoms with Gasteiger partial charge in [-0.3, -0.25) is 4.79 Å². The molecular weight excluding hydrogens is 393 g/mol. The molecule has 2 aromatic heterocycles. The predicted molar refractivity (Wildman–Crippen MR) is 110 cm³/mol. The van der Waals surface area contributed by atoms with E-state index in [1.807, 2.05) is 12.1 Å². The number of fused-ring (bicyclic) bond motifs is 1. The molecule has 5 nitrogen and oxygen atoms in total.